The minimum Gasteiger partial charge on any atom is -0.507 e. The number of carbonyl (C=O) groups excluding carboxylic acids is 1. The fraction of sp³-hybridized carbons (Fsp3) is 0.105. The van der Waals surface area contributed by atoms with Crippen LogP contribution >= 0.6 is 0 Å². The van der Waals surface area contributed by atoms with Crippen LogP contribution in [0.2, 0.25) is 0 Å². The quantitative estimate of drug-likeness (QED) is 0.538. The van der Waals surface area contributed by atoms with Crippen LogP contribution in [0.4, 0.5) is 13.2 Å². The Bertz CT molecular complexity index is 980. The standard InChI is InChI=1S/C19H13F3O4/c1-25-14-8-13(19(20,21)22)9-15(10-14)26-18(24)16-6-11-4-2-3-5-12(11)7-17(16)23/h2-10,23H,1H3. The van der Waals surface area contributed by atoms with Crippen molar-refractivity contribution < 1.29 is 32.5 Å². The number of phenolic OH excluding ortho intramolecular Hbond substituents is 1. The van der Waals surface area contributed by atoms with E-state index in [-0.39, 0.29) is 22.8 Å². The molecule has 3 aromatic carbocycles. The van der Waals surface area contributed by atoms with Crippen LogP contribution in [-0.4, -0.2) is 18.2 Å². The number of hydrogen-bond donors (Lipinski definition) is 1. The Morgan fingerprint density at radius 1 is 0.962 bits per heavy atom. The van der Waals surface area contributed by atoms with E-state index in [0.717, 1.165) is 12.1 Å². The number of esters is 1. The first-order valence-corrected chi connectivity index (χ1v) is 7.48. The Kier molecular flexibility index (Phi) is 4.46. The highest BCUT2D eigenvalue weighted by Crippen LogP contribution is 2.35. The monoisotopic (exact) mass is 362 g/mol. The molecule has 134 valence electrons. The summed E-state index contributed by atoms with van der Waals surface area (Å²) in [4.78, 5) is 12.3. The van der Waals surface area contributed by atoms with E-state index in [4.69, 9.17) is 9.47 Å². The van der Waals surface area contributed by atoms with Gasteiger partial charge in [-0.05, 0) is 35.0 Å². The lowest BCUT2D eigenvalue weighted by Gasteiger charge is -2.12. The predicted molar refractivity (Wildman–Crippen MR) is 88.6 cm³/mol. The molecular formula is C19H13F3O4. The van der Waals surface area contributed by atoms with Crippen LogP contribution in [0.1, 0.15) is 15.9 Å². The van der Waals surface area contributed by atoms with Crippen LogP contribution in [-0.2, 0) is 6.18 Å². The fourth-order valence-corrected chi connectivity index (χ4v) is 2.47. The van der Waals surface area contributed by atoms with Gasteiger partial charge in [-0.3, -0.25) is 0 Å². The highest BCUT2D eigenvalue weighted by atomic mass is 19.4. The topological polar surface area (TPSA) is 55.8 Å². The number of carbonyl (C=O) groups is 1. The first-order valence-electron chi connectivity index (χ1n) is 7.48. The van der Waals surface area contributed by atoms with Crippen molar-refractivity contribution in [3.8, 4) is 17.2 Å². The Balaban J connectivity index is 1.96. The minimum absolute atomic E-state index is 0.106. The summed E-state index contributed by atoms with van der Waals surface area (Å²) in [5, 5.41) is 11.4. The molecule has 0 atom stereocenters. The van der Waals surface area contributed by atoms with Crippen LogP contribution in [0.3, 0.4) is 0 Å². The molecule has 0 saturated heterocycles. The summed E-state index contributed by atoms with van der Waals surface area (Å²) in [5.41, 5.74) is -1.16. The maximum Gasteiger partial charge on any atom is 0.416 e. The third-order valence-corrected chi connectivity index (χ3v) is 3.74. The van der Waals surface area contributed by atoms with E-state index in [1.807, 2.05) is 0 Å². The second-order valence-corrected chi connectivity index (χ2v) is 5.50. The lowest BCUT2D eigenvalue weighted by molar-refractivity contribution is -0.137. The van der Waals surface area contributed by atoms with E-state index in [9.17, 15) is 23.1 Å². The lowest BCUT2D eigenvalue weighted by Crippen LogP contribution is -2.11. The second-order valence-electron chi connectivity index (χ2n) is 5.50. The number of aromatic hydroxyl groups is 1. The molecule has 0 aliphatic heterocycles. The number of methoxy groups -OCH3 is 1. The zero-order chi connectivity index (χ0) is 18.9. The average Bonchev–Trinajstić information content (AvgIpc) is 2.59. The van der Waals surface area contributed by atoms with Gasteiger partial charge in [0, 0.05) is 6.07 Å². The molecule has 0 unspecified atom stereocenters. The number of alkyl halides is 3. The van der Waals surface area contributed by atoms with E-state index in [1.165, 1.54) is 19.2 Å². The lowest BCUT2D eigenvalue weighted by atomic mass is 10.1. The molecule has 0 saturated carbocycles. The first kappa shape index (κ1) is 17.6. The third-order valence-electron chi connectivity index (χ3n) is 3.74. The van der Waals surface area contributed by atoms with Crippen LogP contribution in [0.15, 0.2) is 54.6 Å². The SMILES string of the molecule is COc1cc(OC(=O)c2cc3ccccc3cc2O)cc(C(F)(F)F)c1. The summed E-state index contributed by atoms with van der Waals surface area (Å²) in [7, 11) is 1.20. The van der Waals surface area contributed by atoms with Gasteiger partial charge in [0.05, 0.1) is 12.7 Å². The molecule has 0 fully saturated rings. The van der Waals surface area contributed by atoms with Gasteiger partial charge in [-0.15, -0.1) is 0 Å². The zero-order valence-corrected chi connectivity index (χ0v) is 13.5. The second kappa shape index (κ2) is 6.59. The first-order chi connectivity index (χ1) is 12.3. The van der Waals surface area contributed by atoms with Gasteiger partial charge < -0.3 is 14.6 Å². The summed E-state index contributed by atoms with van der Waals surface area (Å²) < 4.78 is 48.7. The van der Waals surface area contributed by atoms with Gasteiger partial charge in [-0.1, -0.05) is 24.3 Å². The summed E-state index contributed by atoms with van der Waals surface area (Å²) in [5.74, 6) is -1.75. The van der Waals surface area contributed by atoms with Crippen LogP contribution < -0.4 is 9.47 Å². The largest absolute Gasteiger partial charge is 0.507 e. The van der Waals surface area contributed by atoms with Crippen molar-refractivity contribution in [2.24, 2.45) is 0 Å². The Hall–Kier alpha value is -3.22. The Morgan fingerprint density at radius 3 is 2.19 bits per heavy atom. The maximum atomic E-state index is 12.9. The summed E-state index contributed by atoms with van der Waals surface area (Å²) in [6, 6.07) is 12.5. The van der Waals surface area contributed by atoms with Crippen molar-refractivity contribution in [1.29, 1.82) is 0 Å². The zero-order valence-electron chi connectivity index (χ0n) is 13.5. The number of benzene rings is 3. The average molecular weight is 362 g/mol. The van der Waals surface area contributed by atoms with E-state index in [1.54, 1.807) is 24.3 Å². The Morgan fingerprint density at radius 2 is 1.58 bits per heavy atom. The molecule has 3 rings (SSSR count). The number of fused-ring (bicyclic) bond motifs is 1. The van der Waals surface area contributed by atoms with Gasteiger partial charge >= 0.3 is 12.1 Å². The van der Waals surface area contributed by atoms with E-state index in [2.05, 4.69) is 0 Å². The van der Waals surface area contributed by atoms with Crippen molar-refractivity contribution in [1.82, 2.24) is 0 Å². The number of hydrogen-bond acceptors (Lipinski definition) is 4. The third kappa shape index (κ3) is 3.56. The molecule has 0 spiro atoms. The van der Waals surface area contributed by atoms with Crippen molar-refractivity contribution in [2.75, 3.05) is 7.11 Å². The van der Waals surface area contributed by atoms with Gasteiger partial charge in [-0.25, -0.2) is 4.79 Å². The Labute approximate surface area is 146 Å². The van der Waals surface area contributed by atoms with Crippen LogP contribution in [0.5, 0.6) is 17.2 Å². The molecular weight excluding hydrogens is 349 g/mol. The predicted octanol–water partition coefficient (Wildman–Crippen LogP) is 4.79. The van der Waals surface area contributed by atoms with Crippen molar-refractivity contribution in [3.05, 3.63) is 65.7 Å². The number of ether oxygens (including phenoxy) is 2. The van der Waals surface area contributed by atoms with Crippen molar-refractivity contribution in [2.45, 2.75) is 6.18 Å². The smallest absolute Gasteiger partial charge is 0.416 e. The molecule has 0 radical (unpaired) electrons. The molecule has 0 aliphatic carbocycles. The molecule has 0 aromatic heterocycles. The summed E-state index contributed by atoms with van der Waals surface area (Å²) >= 11 is 0. The highest BCUT2D eigenvalue weighted by Gasteiger charge is 2.32. The summed E-state index contributed by atoms with van der Waals surface area (Å²) in [6.45, 7) is 0. The molecule has 26 heavy (non-hydrogen) atoms. The van der Waals surface area contributed by atoms with Gasteiger partial charge in [0.2, 0.25) is 0 Å². The number of rotatable bonds is 3. The van der Waals surface area contributed by atoms with E-state index in [0.29, 0.717) is 16.8 Å². The minimum atomic E-state index is -4.62. The van der Waals surface area contributed by atoms with Gasteiger partial charge in [-0.2, -0.15) is 13.2 Å². The molecule has 3 aromatic rings. The molecule has 0 aliphatic rings. The van der Waals surface area contributed by atoms with Crippen LogP contribution in [0, 0.1) is 0 Å². The number of phenols is 1. The van der Waals surface area contributed by atoms with E-state index >= 15 is 0 Å². The normalized spacial score (nSPS) is 11.4. The summed E-state index contributed by atoms with van der Waals surface area (Å²) in [6.07, 6.45) is -4.62. The fourth-order valence-electron chi connectivity index (χ4n) is 2.47. The highest BCUT2D eigenvalue weighted by molar-refractivity contribution is 5.99. The van der Waals surface area contributed by atoms with Gasteiger partial charge in [0.1, 0.15) is 22.8 Å². The van der Waals surface area contributed by atoms with Gasteiger partial charge in [0.15, 0.2) is 0 Å². The van der Waals surface area contributed by atoms with Crippen LogP contribution in [0.25, 0.3) is 10.8 Å². The van der Waals surface area contributed by atoms with Crippen molar-refractivity contribution in [3.63, 3.8) is 0 Å². The van der Waals surface area contributed by atoms with Gasteiger partial charge in [0.25, 0.3) is 0 Å². The van der Waals surface area contributed by atoms with E-state index < -0.39 is 17.7 Å². The molecule has 0 bridgehead atoms. The molecule has 4 nitrogen and oxygen atoms in total. The van der Waals surface area contributed by atoms with Crippen molar-refractivity contribution >= 4 is 16.7 Å². The maximum absolute atomic E-state index is 12.9. The number of halogens is 3. The molecule has 1 N–H and O–H groups in total. The molecule has 0 heterocycles. The molecule has 7 heteroatoms. The molecule has 0 amide bonds.